The maximum atomic E-state index is 13.4. The fourth-order valence-corrected chi connectivity index (χ4v) is 11.8. The van der Waals surface area contributed by atoms with Gasteiger partial charge in [-0.25, -0.2) is 0 Å². The van der Waals surface area contributed by atoms with E-state index in [1.54, 1.807) is 6.08 Å². The van der Waals surface area contributed by atoms with Crippen LogP contribution in [0.25, 0.3) is 16.5 Å². The average molecular weight is 614 g/mol. The third kappa shape index (κ3) is 3.14. The van der Waals surface area contributed by atoms with Crippen LogP contribution in [0.5, 0.6) is 0 Å². The van der Waals surface area contributed by atoms with E-state index in [2.05, 4.69) is 64.7 Å². The van der Waals surface area contributed by atoms with Gasteiger partial charge in [0.05, 0.1) is 22.9 Å². The first-order valence-electron chi connectivity index (χ1n) is 16.9. The summed E-state index contributed by atoms with van der Waals surface area (Å²) in [7, 11) is 1.82. The molecule has 3 fully saturated rings. The smallest absolute Gasteiger partial charge is 0.195 e. The zero-order valence-corrected chi connectivity index (χ0v) is 28.1. The van der Waals surface area contributed by atoms with Crippen LogP contribution in [0.2, 0.25) is 0 Å². The Balaban J connectivity index is 1.20. The Morgan fingerprint density at radius 2 is 1.73 bits per heavy atom. The van der Waals surface area contributed by atoms with E-state index in [0.717, 1.165) is 24.8 Å². The number of hydrogen-bond acceptors (Lipinski definition) is 6. The molecule has 3 aliphatic heterocycles. The van der Waals surface area contributed by atoms with E-state index in [1.165, 1.54) is 33.3 Å². The fraction of sp³-hybridized carbons (Fsp3) is 0.658. The lowest BCUT2D eigenvalue weighted by Gasteiger charge is -2.65. The van der Waals surface area contributed by atoms with Crippen LogP contribution in [0.15, 0.2) is 29.9 Å². The lowest BCUT2D eigenvalue weighted by Crippen LogP contribution is -2.69. The first kappa shape index (κ1) is 28.9. The van der Waals surface area contributed by atoms with Gasteiger partial charge in [0.15, 0.2) is 17.7 Å². The van der Waals surface area contributed by atoms with Gasteiger partial charge < -0.3 is 29.0 Å². The molecule has 2 N–H and O–H groups in total. The maximum absolute atomic E-state index is 13.4. The Bertz CT molecular complexity index is 1790. The topological polar surface area (TPSA) is 90.0 Å². The van der Waals surface area contributed by atoms with Gasteiger partial charge in [-0.3, -0.25) is 4.79 Å². The monoisotopic (exact) mass is 613 g/mol. The Morgan fingerprint density at radius 1 is 0.978 bits per heavy atom. The molecule has 7 nitrogen and oxygen atoms in total. The Labute approximate surface area is 265 Å². The quantitative estimate of drug-likeness (QED) is 0.376. The second-order valence-corrected chi connectivity index (χ2v) is 17.3. The molecule has 9 rings (SSSR count). The fourth-order valence-electron chi connectivity index (χ4n) is 11.8. The highest BCUT2D eigenvalue weighted by Crippen LogP contribution is 2.72. The minimum absolute atomic E-state index is 0.0843. The van der Waals surface area contributed by atoms with Crippen LogP contribution in [-0.2, 0) is 35.6 Å². The van der Waals surface area contributed by atoms with Gasteiger partial charge in [0.2, 0.25) is 0 Å². The molecule has 0 amide bonds. The van der Waals surface area contributed by atoms with E-state index in [9.17, 15) is 9.90 Å². The molecule has 240 valence electrons. The number of carbonyl (C=O) groups is 1. The molecule has 2 bridgehead atoms. The predicted octanol–water partition coefficient (Wildman–Crippen LogP) is 6.61. The summed E-state index contributed by atoms with van der Waals surface area (Å²) in [6, 6.07) is 4.72. The van der Waals surface area contributed by atoms with Crippen LogP contribution in [0.3, 0.4) is 0 Å². The van der Waals surface area contributed by atoms with Crippen molar-refractivity contribution < 1.29 is 28.8 Å². The minimum atomic E-state index is -1.23. The van der Waals surface area contributed by atoms with Crippen molar-refractivity contribution in [2.24, 2.45) is 17.3 Å². The summed E-state index contributed by atoms with van der Waals surface area (Å²) >= 11 is 0. The number of rotatable bonds is 1. The number of aliphatic hydroxyl groups is 1. The number of aromatic nitrogens is 1. The number of H-pyrrole nitrogens is 1. The lowest BCUT2D eigenvalue weighted by atomic mass is 9.42. The van der Waals surface area contributed by atoms with E-state index in [-0.39, 0.29) is 34.4 Å². The summed E-state index contributed by atoms with van der Waals surface area (Å²) < 4.78 is 25.9. The summed E-state index contributed by atoms with van der Waals surface area (Å²) in [5, 5.41) is 14.2. The van der Waals surface area contributed by atoms with Gasteiger partial charge in [-0.15, -0.1) is 0 Å². The Kier molecular flexibility index (Phi) is 5.16. The average Bonchev–Trinajstić information content (AvgIpc) is 3.61. The van der Waals surface area contributed by atoms with Crippen LogP contribution in [-0.4, -0.2) is 57.3 Å². The van der Waals surface area contributed by atoms with Crippen molar-refractivity contribution in [2.75, 3.05) is 7.11 Å². The molecule has 1 aromatic heterocycles. The number of benzene rings is 1. The number of ketones is 1. The number of nitrogens with one attached hydrogen (secondary N) is 1. The van der Waals surface area contributed by atoms with Crippen molar-refractivity contribution in [3.8, 4) is 0 Å². The van der Waals surface area contributed by atoms with Crippen LogP contribution in [0, 0.1) is 17.3 Å². The molecule has 7 heteroatoms. The van der Waals surface area contributed by atoms with Crippen molar-refractivity contribution in [1.29, 1.82) is 0 Å². The first-order valence-corrected chi connectivity index (χ1v) is 16.9. The molecular formula is C38H47NO6. The normalized spacial score (nSPS) is 44.4. The van der Waals surface area contributed by atoms with Gasteiger partial charge in [0, 0.05) is 52.4 Å². The second-order valence-electron chi connectivity index (χ2n) is 17.3. The first-order chi connectivity index (χ1) is 20.9. The molecule has 7 aliphatic rings. The van der Waals surface area contributed by atoms with E-state index in [0.29, 0.717) is 24.3 Å². The molecule has 4 heterocycles. The van der Waals surface area contributed by atoms with E-state index < -0.39 is 28.5 Å². The van der Waals surface area contributed by atoms with E-state index in [4.69, 9.17) is 18.9 Å². The molecule has 4 aliphatic carbocycles. The largest absolute Gasteiger partial charge is 0.385 e. The molecular weight excluding hydrogens is 566 g/mol. The Morgan fingerprint density at radius 3 is 2.47 bits per heavy atom. The third-order valence-electron chi connectivity index (χ3n) is 13.8. The lowest BCUT2D eigenvalue weighted by molar-refractivity contribution is -0.247. The molecule has 1 spiro atoms. The maximum Gasteiger partial charge on any atom is 0.195 e. The van der Waals surface area contributed by atoms with Crippen LogP contribution in [0.1, 0.15) is 110 Å². The van der Waals surface area contributed by atoms with Crippen molar-refractivity contribution in [2.45, 2.75) is 133 Å². The molecule has 2 aromatic rings. The van der Waals surface area contributed by atoms with Gasteiger partial charge >= 0.3 is 0 Å². The SMILES string of the molecule is CO[C@@H]1c2cc3c4c([nH]c3cc2C2=CC(C)(C)OC(C)(C)[C@H]21)[C@@]1(C)[C@@H](CC[C@@]2(O)C3=CC(=O)[C@@H]5O[C@@]3(CC[C@@]21C)OC5(C)C)C4. The zero-order chi connectivity index (χ0) is 31.9. The third-order valence-corrected chi connectivity index (χ3v) is 13.8. The van der Waals surface area contributed by atoms with Gasteiger partial charge in [-0.2, -0.15) is 0 Å². The summed E-state index contributed by atoms with van der Waals surface area (Å²) in [5.74, 6) is -0.640. The highest BCUT2D eigenvalue weighted by atomic mass is 16.8. The molecule has 8 atom stereocenters. The molecule has 1 saturated heterocycles. The van der Waals surface area contributed by atoms with Crippen molar-refractivity contribution >= 4 is 22.3 Å². The van der Waals surface area contributed by atoms with Gasteiger partial charge in [-0.1, -0.05) is 13.8 Å². The minimum Gasteiger partial charge on any atom is -0.385 e. The van der Waals surface area contributed by atoms with Crippen molar-refractivity contribution in [3.63, 3.8) is 0 Å². The van der Waals surface area contributed by atoms with E-state index in [1.807, 2.05) is 21.0 Å². The van der Waals surface area contributed by atoms with Gasteiger partial charge in [-0.05, 0) is 120 Å². The van der Waals surface area contributed by atoms with Crippen LogP contribution in [0.4, 0.5) is 0 Å². The number of methoxy groups -OCH3 is 1. The van der Waals surface area contributed by atoms with Crippen molar-refractivity contribution in [1.82, 2.24) is 4.98 Å². The molecule has 0 unspecified atom stereocenters. The zero-order valence-electron chi connectivity index (χ0n) is 28.1. The number of ether oxygens (including phenoxy) is 4. The molecule has 0 radical (unpaired) electrons. The molecule has 2 saturated carbocycles. The number of fused-ring (bicyclic) bond motifs is 12. The van der Waals surface area contributed by atoms with Gasteiger partial charge in [0.1, 0.15) is 5.60 Å². The van der Waals surface area contributed by atoms with Crippen LogP contribution >= 0.6 is 0 Å². The van der Waals surface area contributed by atoms with Gasteiger partial charge in [0.25, 0.3) is 0 Å². The molecule has 1 aromatic carbocycles. The summed E-state index contributed by atoms with van der Waals surface area (Å²) in [4.78, 5) is 17.3. The summed E-state index contributed by atoms with van der Waals surface area (Å²) in [6.07, 6.45) is 7.05. The standard InChI is InChI=1S/C38H47NO6/c1-32(2)18-24-20-16-25-21(15-22(20)29(42-9)28(24)33(3,4)44-32)23-14-19-10-11-37(41)27-17-26(40)31-34(5,6)45-38(27,43-31)13-12-35(37,7)36(19,8)30(23)39-25/h15-19,28-29,31,39,41H,10-14H2,1-9H3/t19-,28+,29+,31-,35+,36+,37+,38-/m0/s1. The van der Waals surface area contributed by atoms with E-state index >= 15 is 0 Å². The number of carbonyl (C=O) groups excluding carboxylic acids is 1. The summed E-state index contributed by atoms with van der Waals surface area (Å²) in [5.41, 5.74) is 4.60. The predicted molar refractivity (Wildman–Crippen MR) is 171 cm³/mol. The highest BCUT2D eigenvalue weighted by molar-refractivity contribution is 5.97. The second kappa shape index (κ2) is 8.04. The number of aromatic amines is 1. The molecule has 45 heavy (non-hydrogen) atoms. The van der Waals surface area contributed by atoms with Crippen LogP contribution < -0.4 is 0 Å². The number of hydrogen-bond donors (Lipinski definition) is 2. The summed E-state index contributed by atoms with van der Waals surface area (Å²) in [6.45, 7) is 17.1. The highest BCUT2D eigenvalue weighted by Gasteiger charge is 2.75. The van der Waals surface area contributed by atoms with Crippen molar-refractivity contribution in [3.05, 3.63) is 52.2 Å². The Hall–Kier alpha value is -2.29.